The van der Waals surface area contributed by atoms with Gasteiger partial charge in [0.05, 0.1) is 6.10 Å². The van der Waals surface area contributed by atoms with Gasteiger partial charge >= 0.3 is 0 Å². The van der Waals surface area contributed by atoms with Crippen molar-refractivity contribution in [2.45, 2.75) is 39.3 Å². The molecule has 0 aromatic carbocycles. The average molecular weight is 249 g/mol. The molecule has 4 heteroatoms. The molecule has 1 unspecified atom stereocenters. The second-order valence-corrected chi connectivity index (χ2v) is 5.01. The predicted octanol–water partition coefficient (Wildman–Crippen LogP) is 1.46. The molecule has 0 aliphatic carbocycles. The van der Waals surface area contributed by atoms with Crippen molar-refractivity contribution in [3.05, 3.63) is 23.4 Å². The number of hydrogen-bond donors (Lipinski definition) is 2. The lowest BCUT2D eigenvalue weighted by Gasteiger charge is -2.32. The van der Waals surface area contributed by atoms with E-state index < -0.39 is 0 Å². The first kappa shape index (κ1) is 13.3. The van der Waals surface area contributed by atoms with E-state index in [0.717, 1.165) is 38.3 Å². The van der Waals surface area contributed by atoms with Crippen molar-refractivity contribution in [1.82, 2.24) is 10.3 Å². The first-order valence-electron chi connectivity index (χ1n) is 6.80. The van der Waals surface area contributed by atoms with Crippen LogP contribution in [0.3, 0.4) is 0 Å². The highest BCUT2D eigenvalue weighted by atomic mass is 16.3. The molecule has 2 rings (SSSR count). The minimum atomic E-state index is -0.207. The normalized spacial score (nSPS) is 20.2. The van der Waals surface area contributed by atoms with Gasteiger partial charge in [-0.3, -0.25) is 0 Å². The first-order valence-corrected chi connectivity index (χ1v) is 6.80. The van der Waals surface area contributed by atoms with E-state index in [1.54, 1.807) is 0 Å². The summed E-state index contributed by atoms with van der Waals surface area (Å²) < 4.78 is 0. The van der Waals surface area contributed by atoms with Gasteiger partial charge < -0.3 is 15.3 Å². The Bertz CT molecular complexity index is 395. The number of nitrogens with one attached hydrogen (secondary N) is 1. The second-order valence-electron chi connectivity index (χ2n) is 5.01. The number of aryl methyl sites for hydroxylation is 1. The number of hydrogen-bond acceptors (Lipinski definition) is 4. The largest absolute Gasteiger partial charge is 0.391 e. The molecule has 1 atom stereocenters. The summed E-state index contributed by atoms with van der Waals surface area (Å²) in [6.45, 7) is 7.74. The van der Waals surface area contributed by atoms with Gasteiger partial charge in [0.25, 0.3) is 0 Å². The Labute approximate surface area is 109 Å². The zero-order valence-corrected chi connectivity index (χ0v) is 11.3. The average Bonchev–Trinajstić information content (AvgIpc) is 2.36. The Morgan fingerprint density at radius 3 is 3.06 bits per heavy atom. The number of anilines is 1. The van der Waals surface area contributed by atoms with Crippen molar-refractivity contribution in [2.75, 3.05) is 24.5 Å². The minimum absolute atomic E-state index is 0.207. The van der Waals surface area contributed by atoms with Crippen LogP contribution in [0.25, 0.3) is 0 Å². The molecule has 2 N–H and O–H groups in total. The fraction of sp³-hybridized carbons (Fsp3) is 0.643. The van der Waals surface area contributed by atoms with Crippen LogP contribution in [0.15, 0.2) is 12.3 Å². The van der Waals surface area contributed by atoms with Gasteiger partial charge in [-0.1, -0.05) is 6.92 Å². The van der Waals surface area contributed by atoms with Gasteiger partial charge in [0.1, 0.15) is 5.82 Å². The van der Waals surface area contributed by atoms with Crippen molar-refractivity contribution in [3.8, 4) is 0 Å². The first-order chi connectivity index (χ1) is 8.70. The molecule has 18 heavy (non-hydrogen) atoms. The molecule has 0 spiro atoms. The van der Waals surface area contributed by atoms with Crippen molar-refractivity contribution in [3.63, 3.8) is 0 Å². The fourth-order valence-electron chi connectivity index (χ4n) is 2.47. The lowest BCUT2D eigenvalue weighted by molar-refractivity contribution is 0.154. The van der Waals surface area contributed by atoms with Crippen LogP contribution in [0, 0.1) is 6.92 Å². The van der Waals surface area contributed by atoms with Gasteiger partial charge in [-0.15, -0.1) is 0 Å². The molecule has 1 fully saturated rings. The summed E-state index contributed by atoms with van der Waals surface area (Å²) in [6, 6.07) is 2.19. The van der Waals surface area contributed by atoms with Gasteiger partial charge in [0, 0.05) is 25.8 Å². The highest BCUT2D eigenvalue weighted by Gasteiger charge is 2.20. The van der Waals surface area contributed by atoms with Crippen LogP contribution in [-0.2, 0) is 6.54 Å². The number of β-amino-alcohol motifs (C(OH)–C–C–N with tert-alkyl or cyclic N) is 1. The van der Waals surface area contributed by atoms with Gasteiger partial charge in [0.15, 0.2) is 0 Å². The lowest BCUT2D eigenvalue weighted by Crippen LogP contribution is -2.39. The van der Waals surface area contributed by atoms with Gasteiger partial charge in [-0.25, -0.2) is 4.98 Å². The summed E-state index contributed by atoms with van der Waals surface area (Å²) in [5.74, 6) is 1.02. The standard InChI is InChI=1S/C14H23N3O/c1-3-15-8-12-7-11(2)14(16-9-12)17-6-4-5-13(18)10-17/h7,9,13,15,18H,3-6,8,10H2,1-2H3. The smallest absolute Gasteiger partial charge is 0.131 e. The van der Waals surface area contributed by atoms with Crippen molar-refractivity contribution < 1.29 is 5.11 Å². The predicted molar refractivity (Wildman–Crippen MR) is 73.8 cm³/mol. The molecule has 1 aliphatic rings. The number of rotatable bonds is 4. The zero-order valence-electron chi connectivity index (χ0n) is 11.3. The van der Waals surface area contributed by atoms with E-state index in [9.17, 15) is 5.11 Å². The van der Waals surface area contributed by atoms with Gasteiger partial charge in [-0.05, 0) is 43.5 Å². The van der Waals surface area contributed by atoms with Crippen molar-refractivity contribution >= 4 is 5.82 Å². The summed E-state index contributed by atoms with van der Waals surface area (Å²) in [4.78, 5) is 6.76. The third-order valence-corrected chi connectivity index (χ3v) is 3.38. The maximum Gasteiger partial charge on any atom is 0.131 e. The molecule has 0 saturated carbocycles. The Balaban J connectivity index is 2.08. The van der Waals surface area contributed by atoms with Crippen LogP contribution in [0.1, 0.15) is 30.9 Å². The zero-order chi connectivity index (χ0) is 13.0. The number of pyridine rings is 1. The van der Waals surface area contributed by atoms with Crippen molar-refractivity contribution in [1.29, 1.82) is 0 Å². The van der Waals surface area contributed by atoms with Gasteiger partial charge in [-0.2, -0.15) is 0 Å². The Hall–Kier alpha value is -1.13. The topological polar surface area (TPSA) is 48.4 Å². The van der Waals surface area contributed by atoms with Gasteiger partial charge in [0.2, 0.25) is 0 Å². The summed E-state index contributed by atoms with van der Waals surface area (Å²) in [7, 11) is 0. The van der Waals surface area contributed by atoms with E-state index in [1.165, 1.54) is 11.1 Å². The highest BCUT2D eigenvalue weighted by molar-refractivity contribution is 5.47. The summed E-state index contributed by atoms with van der Waals surface area (Å²) in [6.07, 6.45) is 3.68. The van der Waals surface area contributed by atoms with E-state index in [-0.39, 0.29) is 6.10 Å². The quantitative estimate of drug-likeness (QED) is 0.848. The molecular formula is C14H23N3O. The van der Waals surface area contributed by atoms with E-state index >= 15 is 0 Å². The lowest BCUT2D eigenvalue weighted by atomic mass is 10.1. The third-order valence-electron chi connectivity index (χ3n) is 3.38. The molecular weight excluding hydrogens is 226 g/mol. The minimum Gasteiger partial charge on any atom is -0.391 e. The highest BCUT2D eigenvalue weighted by Crippen LogP contribution is 2.22. The third kappa shape index (κ3) is 3.21. The maximum atomic E-state index is 9.72. The summed E-state index contributed by atoms with van der Waals surface area (Å²) >= 11 is 0. The monoisotopic (exact) mass is 249 g/mol. The van der Waals surface area contributed by atoms with E-state index in [4.69, 9.17) is 0 Å². The van der Waals surface area contributed by atoms with Crippen molar-refractivity contribution in [2.24, 2.45) is 0 Å². The van der Waals surface area contributed by atoms with Crippen LogP contribution in [0.2, 0.25) is 0 Å². The molecule has 0 amide bonds. The number of aliphatic hydroxyl groups excluding tert-OH is 1. The molecule has 2 heterocycles. The molecule has 100 valence electrons. The number of nitrogens with zero attached hydrogens (tertiary/aromatic N) is 2. The molecule has 1 aromatic rings. The van der Waals surface area contributed by atoms with Crippen LogP contribution in [0.5, 0.6) is 0 Å². The summed E-state index contributed by atoms with van der Waals surface area (Å²) in [5, 5.41) is 13.0. The Morgan fingerprint density at radius 1 is 1.56 bits per heavy atom. The Morgan fingerprint density at radius 2 is 2.39 bits per heavy atom. The van der Waals surface area contributed by atoms with Crippen LogP contribution >= 0.6 is 0 Å². The van der Waals surface area contributed by atoms with E-state index in [2.05, 4.69) is 35.1 Å². The summed E-state index contributed by atoms with van der Waals surface area (Å²) in [5.41, 5.74) is 2.41. The molecule has 1 aromatic heterocycles. The molecule has 1 saturated heterocycles. The number of aliphatic hydroxyl groups is 1. The fourth-order valence-corrected chi connectivity index (χ4v) is 2.47. The maximum absolute atomic E-state index is 9.72. The number of aromatic nitrogens is 1. The Kier molecular flexibility index (Phi) is 4.55. The SMILES string of the molecule is CCNCc1cnc(N2CCCC(O)C2)c(C)c1. The molecule has 0 radical (unpaired) electrons. The van der Waals surface area contributed by atoms with Crippen LogP contribution < -0.4 is 10.2 Å². The number of piperidine rings is 1. The molecule has 0 bridgehead atoms. The van der Waals surface area contributed by atoms with Crippen LogP contribution in [-0.4, -0.2) is 35.8 Å². The van der Waals surface area contributed by atoms with E-state index in [1.807, 2.05) is 6.20 Å². The second kappa shape index (κ2) is 6.16. The van der Waals surface area contributed by atoms with Crippen LogP contribution in [0.4, 0.5) is 5.82 Å². The molecule has 4 nitrogen and oxygen atoms in total. The van der Waals surface area contributed by atoms with E-state index in [0.29, 0.717) is 6.54 Å². The molecule has 1 aliphatic heterocycles.